The van der Waals surface area contributed by atoms with Crippen LogP contribution in [0.15, 0.2) is 65.0 Å². The van der Waals surface area contributed by atoms with Crippen molar-refractivity contribution >= 4 is 38.8 Å². The first-order valence-electron chi connectivity index (χ1n) is 10.3. The first-order chi connectivity index (χ1) is 15.6. The van der Waals surface area contributed by atoms with Crippen molar-refractivity contribution in [1.82, 2.24) is 9.55 Å². The zero-order valence-electron chi connectivity index (χ0n) is 18.4. The largest absolute Gasteiger partial charge is 0.325 e. The van der Waals surface area contributed by atoms with Crippen molar-refractivity contribution in [3.63, 3.8) is 0 Å². The van der Waals surface area contributed by atoms with Gasteiger partial charge in [0, 0.05) is 28.8 Å². The molecule has 0 bridgehead atoms. The van der Waals surface area contributed by atoms with Gasteiger partial charge in [-0.3, -0.25) is 24.3 Å². The molecule has 0 spiro atoms. The molecule has 0 aliphatic rings. The van der Waals surface area contributed by atoms with Gasteiger partial charge in [-0.1, -0.05) is 32.9 Å². The SMILES string of the molecule is CC(C)(C)c1ccc(NC(=O)Cn2cnc3scc(-c4ccc([N+](=O)[O-])cc4)c3c2=O)cc1. The molecule has 2 aromatic heterocycles. The number of rotatable bonds is 5. The summed E-state index contributed by atoms with van der Waals surface area (Å²) in [4.78, 5) is 41.0. The summed E-state index contributed by atoms with van der Waals surface area (Å²) >= 11 is 1.31. The number of amides is 1. The molecular formula is C24H22N4O4S. The van der Waals surface area contributed by atoms with Crippen molar-refractivity contribution in [2.75, 3.05) is 5.32 Å². The van der Waals surface area contributed by atoms with E-state index in [-0.39, 0.29) is 29.1 Å². The van der Waals surface area contributed by atoms with E-state index in [4.69, 9.17) is 0 Å². The fourth-order valence-corrected chi connectivity index (χ4v) is 4.37. The Kier molecular flexibility index (Phi) is 5.82. The molecule has 4 rings (SSSR count). The Hall–Kier alpha value is -3.85. The molecule has 0 fully saturated rings. The predicted molar refractivity (Wildman–Crippen MR) is 130 cm³/mol. The van der Waals surface area contributed by atoms with Crippen molar-refractivity contribution in [2.24, 2.45) is 0 Å². The number of nitro groups is 1. The molecule has 0 saturated heterocycles. The summed E-state index contributed by atoms with van der Waals surface area (Å²) in [6, 6.07) is 13.6. The van der Waals surface area contributed by atoms with Gasteiger partial charge < -0.3 is 5.32 Å². The second-order valence-electron chi connectivity index (χ2n) is 8.69. The fraction of sp³-hybridized carbons (Fsp3) is 0.208. The number of nitrogens with one attached hydrogen (secondary N) is 1. The minimum absolute atomic E-state index is 0.0127. The van der Waals surface area contributed by atoms with E-state index in [1.54, 1.807) is 17.5 Å². The quantitative estimate of drug-likeness (QED) is 0.333. The topological polar surface area (TPSA) is 107 Å². The Morgan fingerprint density at radius 2 is 1.79 bits per heavy atom. The number of aromatic nitrogens is 2. The van der Waals surface area contributed by atoms with Crippen LogP contribution < -0.4 is 10.9 Å². The molecule has 0 atom stereocenters. The molecule has 33 heavy (non-hydrogen) atoms. The van der Waals surface area contributed by atoms with Gasteiger partial charge in [-0.15, -0.1) is 11.3 Å². The van der Waals surface area contributed by atoms with Crippen LogP contribution in [0.2, 0.25) is 0 Å². The Morgan fingerprint density at radius 3 is 2.39 bits per heavy atom. The van der Waals surface area contributed by atoms with Crippen LogP contribution in [-0.2, 0) is 16.8 Å². The van der Waals surface area contributed by atoms with E-state index >= 15 is 0 Å². The first-order valence-corrected chi connectivity index (χ1v) is 11.1. The summed E-state index contributed by atoms with van der Waals surface area (Å²) in [5, 5.41) is 15.9. The number of non-ortho nitro benzene ring substituents is 1. The fourth-order valence-electron chi connectivity index (χ4n) is 3.46. The smallest absolute Gasteiger partial charge is 0.269 e. The van der Waals surface area contributed by atoms with E-state index in [0.717, 1.165) is 5.56 Å². The van der Waals surface area contributed by atoms with Crippen LogP contribution in [0, 0.1) is 10.1 Å². The standard InChI is InChI=1S/C24H22N4O4S/c1-24(2,3)16-6-8-17(9-7-16)26-20(29)12-27-14-25-22-21(23(27)30)19(13-33-22)15-4-10-18(11-5-15)28(31)32/h4-11,13-14H,12H2,1-3H3,(H,26,29). The minimum atomic E-state index is -0.473. The molecule has 0 saturated carbocycles. The molecule has 1 amide bonds. The highest BCUT2D eigenvalue weighted by Crippen LogP contribution is 2.31. The van der Waals surface area contributed by atoms with Gasteiger partial charge in [-0.25, -0.2) is 4.98 Å². The van der Waals surface area contributed by atoms with Gasteiger partial charge in [-0.2, -0.15) is 0 Å². The average molecular weight is 463 g/mol. The van der Waals surface area contributed by atoms with Crippen molar-refractivity contribution in [2.45, 2.75) is 32.7 Å². The lowest BCUT2D eigenvalue weighted by Gasteiger charge is -2.19. The monoisotopic (exact) mass is 462 g/mol. The van der Waals surface area contributed by atoms with E-state index in [1.165, 1.54) is 34.4 Å². The van der Waals surface area contributed by atoms with Crippen LogP contribution in [0.4, 0.5) is 11.4 Å². The second kappa shape index (κ2) is 8.59. The Morgan fingerprint density at radius 1 is 1.12 bits per heavy atom. The van der Waals surface area contributed by atoms with Crippen LogP contribution in [-0.4, -0.2) is 20.4 Å². The predicted octanol–water partition coefficient (Wildman–Crippen LogP) is 4.97. The molecule has 4 aromatic rings. The van der Waals surface area contributed by atoms with Gasteiger partial charge in [0.25, 0.3) is 11.2 Å². The number of benzene rings is 2. The maximum atomic E-state index is 13.1. The van der Waals surface area contributed by atoms with Gasteiger partial charge in [0.15, 0.2) is 0 Å². The second-order valence-corrected chi connectivity index (χ2v) is 9.54. The first kappa shape index (κ1) is 22.3. The summed E-state index contributed by atoms with van der Waals surface area (Å²) in [7, 11) is 0. The maximum absolute atomic E-state index is 13.1. The zero-order chi connectivity index (χ0) is 23.8. The zero-order valence-corrected chi connectivity index (χ0v) is 19.2. The number of carbonyl (C=O) groups excluding carboxylic acids is 1. The van der Waals surface area contributed by atoms with Gasteiger partial charge in [0.05, 0.1) is 16.6 Å². The molecular weight excluding hydrogens is 440 g/mol. The lowest BCUT2D eigenvalue weighted by molar-refractivity contribution is -0.384. The summed E-state index contributed by atoms with van der Waals surface area (Å²) in [5.74, 6) is -0.339. The minimum Gasteiger partial charge on any atom is -0.325 e. The molecule has 168 valence electrons. The number of nitrogens with zero attached hydrogens (tertiary/aromatic N) is 3. The highest BCUT2D eigenvalue weighted by Gasteiger charge is 2.16. The third-order valence-electron chi connectivity index (χ3n) is 5.30. The van der Waals surface area contributed by atoms with Crippen molar-refractivity contribution in [3.05, 3.63) is 86.3 Å². The summed E-state index contributed by atoms with van der Waals surface area (Å²) in [6.07, 6.45) is 1.36. The average Bonchev–Trinajstić information content (AvgIpc) is 3.20. The molecule has 0 radical (unpaired) electrons. The third-order valence-corrected chi connectivity index (χ3v) is 6.18. The molecule has 0 unspecified atom stereocenters. The number of carbonyl (C=O) groups is 1. The number of nitro benzene ring substituents is 1. The lowest BCUT2D eigenvalue weighted by atomic mass is 9.87. The number of thiophene rings is 1. The van der Waals surface area contributed by atoms with Crippen molar-refractivity contribution in [1.29, 1.82) is 0 Å². The van der Waals surface area contributed by atoms with E-state index in [9.17, 15) is 19.7 Å². The van der Waals surface area contributed by atoms with E-state index in [0.29, 0.717) is 27.0 Å². The van der Waals surface area contributed by atoms with Crippen LogP contribution in [0.1, 0.15) is 26.3 Å². The van der Waals surface area contributed by atoms with E-state index in [1.807, 2.05) is 24.3 Å². The van der Waals surface area contributed by atoms with Gasteiger partial charge in [0.1, 0.15) is 11.4 Å². The number of hydrogen-bond donors (Lipinski definition) is 1. The lowest BCUT2D eigenvalue weighted by Crippen LogP contribution is -2.27. The third kappa shape index (κ3) is 4.68. The van der Waals surface area contributed by atoms with Gasteiger partial charge in [0.2, 0.25) is 5.91 Å². The van der Waals surface area contributed by atoms with Crippen LogP contribution in [0.5, 0.6) is 0 Å². The normalized spacial score (nSPS) is 11.5. The van der Waals surface area contributed by atoms with E-state index in [2.05, 4.69) is 31.1 Å². The summed E-state index contributed by atoms with van der Waals surface area (Å²) in [5.41, 5.74) is 2.76. The van der Waals surface area contributed by atoms with Crippen LogP contribution >= 0.6 is 11.3 Å². The van der Waals surface area contributed by atoms with Gasteiger partial charge in [-0.05, 0) is 40.8 Å². The molecule has 8 nitrogen and oxygen atoms in total. The molecule has 2 aromatic carbocycles. The van der Waals surface area contributed by atoms with Crippen molar-refractivity contribution in [3.8, 4) is 11.1 Å². The molecule has 0 aliphatic heterocycles. The van der Waals surface area contributed by atoms with Gasteiger partial charge >= 0.3 is 0 Å². The number of fused-ring (bicyclic) bond motifs is 1. The van der Waals surface area contributed by atoms with E-state index < -0.39 is 4.92 Å². The molecule has 9 heteroatoms. The molecule has 2 heterocycles. The highest BCUT2D eigenvalue weighted by atomic mass is 32.1. The summed E-state index contributed by atoms with van der Waals surface area (Å²) in [6.45, 7) is 6.17. The Balaban J connectivity index is 1.58. The Bertz CT molecular complexity index is 1400. The number of anilines is 1. The Labute approximate surface area is 193 Å². The van der Waals surface area contributed by atoms with Crippen LogP contribution in [0.25, 0.3) is 21.3 Å². The number of hydrogen-bond acceptors (Lipinski definition) is 6. The molecule has 1 N–H and O–H groups in total. The highest BCUT2D eigenvalue weighted by molar-refractivity contribution is 7.17. The maximum Gasteiger partial charge on any atom is 0.269 e. The van der Waals surface area contributed by atoms with Crippen molar-refractivity contribution < 1.29 is 9.72 Å². The molecule has 0 aliphatic carbocycles. The summed E-state index contributed by atoms with van der Waals surface area (Å²) < 4.78 is 1.27. The van der Waals surface area contributed by atoms with Crippen LogP contribution in [0.3, 0.4) is 0 Å².